The van der Waals surface area contributed by atoms with Crippen LogP contribution in [0.3, 0.4) is 0 Å². The molecule has 2 aliphatic heterocycles. The van der Waals surface area contributed by atoms with Gasteiger partial charge in [0, 0.05) is 19.0 Å². The summed E-state index contributed by atoms with van der Waals surface area (Å²) in [5.74, 6) is 0.141. The maximum Gasteiger partial charge on any atom is 0.340 e. The third-order valence-corrected chi connectivity index (χ3v) is 8.65. The molecule has 0 saturated carbocycles. The van der Waals surface area contributed by atoms with Crippen LogP contribution in [0.25, 0.3) is 0 Å². The van der Waals surface area contributed by atoms with Crippen molar-refractivity contribution >= 4 is 21.7 Å². The van der Waals surface area contributed by atoms with Crippen molar-refractivity contribution in [2.75, 3.05) is 38.2 Å². The Balaban J connectivity index is 1.46. The fraction of sp³-hybridized carbons (Fsp3) is 0.400. The largest absolute Gasteiger partial charge is 0.462 e. The number of hydrogen-bond acceptors (Lipinski definition) is 6. The molecule has 1 N–H and O–H groups in total. The van der Waals surface area contributed by atoms with E-state index in [0.717, 1.165) is 23.2 Å². The maximum atomic E-state index is 13.0. The molecule has 2 heterocycles. The van der Waals surface area contributed by atoms with Crippen LogP contribution in [0.2, 0.25) is 0 Å². The Bertz CT molecular complexity index is 1170. The Morgan fingerprint density at radius 2 is 1.91 bits per heavy atom. The summed E-state index contributed by atoms with van der Waals surface area (Å²) in [5.41, 5.74) is 3.43. The Kier molecular flexibility index (Phi) is 5.99. The van der Waals surface area contributed by atoms with Crippen LogP contribution in [-0.2, 0) is 19.5 Å². The Morgan fingerprint density at radius 3 is 2.64 bits per heavy atom. The molecule has 0 amide bonds. The van der Waals surface area contributed by atoms with Crippen molar-refractivity contribution in [3.63, 3.8) is 0 Å². The molecule has 1 fully saturated rings. The third-order valence-electron chi connectivity index (χ3n) is 6.74. The lowest BCUT2D eigenvalue weighted by Crippen LogP contribution is -2.40. The molecule has 0 aromatic heterocycles. The summed E-state index contributed by atoms with van der Waals surface area (Å²) in [6.45, 7) is 3.69. The van der Waals surface area contributed by atoms with E-state index in [4.69, 9.17) is 9.47 Å². The summed E-state index contributed by atoms with van der Waals surface area (Å²) >= 11 is 0. The fourth-order valence-electron chi connectivity index (χ4n) is 5.11. The number of esters is 1. The lowest BCUT2D eigenvalue weighted by atomic mass is 9.76. The van der Waals surface area contributed by atoms with E-state index >= 15 is 0 Å². The number of anilines is 1. The lowest BCUT2D eigenvalue weighted by molar-refractivity contribution is 0.0527. The van der Waals surface area contributed by atoms with Gasteiger partial charge in [0.1, 0.15) is 0 Å². The number of hydrogen-bond donors (Lipinski definition) is 1. The lowest BCUT2D eigenvalue weighted by Gasteiger charge is -2.38. The molecule has 3 atom stereocenters. The molecule has 174 valence electrons. The number of sulfonamides is 1. The Morgan fingerprint density at radius 1 is 1.15 bits per heavy atom. The summed E-state index contributed by atoms with van der Waals surface area (Å²) in [6.07, 6.45) is 5.32. The van der Waals surface area contributed by atoms with Crippen LogP contribution in [-0.4, -0.2) is 51.6 Å². The first-order valence-corrected chi connectivity index (χ1v) is 12.9. The smallest absolute Gasteiger partial charge is 0.340 e. The molecule has 1 aliphatic carbocycles. The SMILES string of the molecule is CCOC(=O)c1cccc2c1N[C@@H](c1ccc(S(=O)(=O)N3CCOCC3)cc1)[C@H]1CC=C[C@@H]21. The summed E-state index contributed by atoms with van der Waals surface area (Å²) < 4.78 is 38.0. The quantitative estimate of drug-likeness (QED) is 0.532. The standard InChI is InChI=1S/C25H28N2O5S/c1-2-32-25(28)22-8-4-7-21-19-5-3-6-20(19)23(26-24(21)22)17-9-11-18(12-10-17)33(29,30)27-13-15-31-16-14-27/h3-5,7-12,19-20,23,26H,2,6,13-16H2,1H3/t19-,20+,23+/m1/s1. The van der Waals surface area contributed by atoms with Crippen LogP contribution in [0.5, 0.6) is 0 Å². The van der Waals surface area contributed by atoms with E-state index in [9.17, 15) is 13.2 Å². The van der Waals surface area contributed by atoms with Gasteiger partial charge in [-0.05, 0) is 48.6 Å². The molecule has 2 aromatic carbocycles. The van der Waals surface area contributed by atoms with Gasteiger partial charge in [-0.3, -0.25) is 0 Å². The van der Waals surface area contributed by atoms with E-state index in [2.05, 4.69) is 23.5 Å². The average Bonchev–Trinajstić information content (AvgIpc) is 3.34. The molecule has 1 saturated heterocycles. The minimum atomic E-state index is -3.54. The highest BCUT2D eigenvalue weighted by atomic mass is 32.2. The van der Waals surface area contributed by atoms with Gasteiger partial charge in [-0.25, -0.2) is 13.2 Å². The van der Waals surface area contributed by atoms with Gasteiger partial charge in [-0.1, -0.05) is 36.4 Å². The predicted molar refractivity (Wildman–Crippen MR) is 125 cm³/mol. The highest BCUT2D eigenvalue weighted by Gasteiger charge is 2.39. The van der Waals surface area contributed by atoms with E-state index in [1.165, 1.54) is 4.31 Å². The second-order valence-corrected chi connectivity index (χ2v) is 10.5. The first kappa shape index (κ1) is 22.1. The van der Waals surface area contributed by atoms with Crippen LogP contribution in [0.1, 0.15) is 46.8 Å². The number of carbonyl (C=O) groups is 1. The highest BCUT2D eigenvalue weighted by Crippen LogP contribution is 2.50. The molecule has 5 rings (SSSR count). The number of nitrogens with one attached hydrogen (secondary N) is 1. The summed E-state index contributed by atoms with van der Waals surface area (Å²) in [4.78, 5) is 12.9. The minimum absolute atomic E-state index is 0.0479. The van der Waals surface area contributed by atoms with E-state index in [0.29, 0.717) is 38.5 Å². The van der Waals surface area contributed by atoms with Crippen LogP contribution >= 0.6 is 0 Å². The van der Waals surface area contributed by atoms with Gasteiger partial charge in [0.15, 0.2) is 0 Å². The van der Waals surface area contributed by atoms with Gasteiger partial charge in [-0.2, -0.15) is 4.31 Å². The zero-order valence-electron chi connectivity index (χ0n) is 18.6. The molecule has 33 heavy (non-hydrogen) atoms. The van der Waals surface area contributed by atoms with E-state index < -0.39 is 10.0 Å². The molecule has 0 unspecified atom stereocenters. The zero-order chi connectivity index (χ0) is 23.0. The third kappa shape index (κ3) is 3.96. The molecule has 0 radical (unpaired) electrons. The van der Waals surface area contributed by atoms with E-state index in [1.807, 2.05) is 18.2 Å². The molecular formula is C25H28N2O5S. The summed E-state index contributed by atoms with van der Waals surface area (Å²) in [5, 5.41) is 3.60. The summed E-state index contributed by atoms with van der Waals surface area (Å²) in [6, 6.07) is 12.9. The van der Waals surface area contributed by atoms with Gasteiger partial charge in [0.05, 0.1) is 42.0 Å². The van der Waals surface area contributed by atoms with Crippen molar-refractivity contribution < 1.29 is 22.7 Å². The van der Waals surface area contributed by atoms with E-state index in [-0.39, 0.29) is 28.7 Å². The van der Waals surface area contributed by atoms with Gasteiger partial charge in [-0.15, -0.1) is 0 Å². The molecule has 8 heteroatoms. The topological polar surface area (TPSA) is 84.9 Å². The molecule has 3 aliphatic rings. The number of para-hydroxylation sites is 1. The van der Waals surface area contributed by atoms with Gasteiger partial charge < -0.3 is 14.8 Å². The van der Waals surface area contributed by atoms with Crippen molar-refractivity contribution in [3.8, 4) is 0 Å². The van der Waals surface area contributed by atoms with Crippen LogP contribution < -0.4 is 5.32 Å². The van der Waals surface area contributed by atoms with Crippen LogP contribution in [0, 0.1) is 5.92 Å². The normalized spacial score (nSPS) is 24.6. The van der Waals surface area contributed by atoms with Crippen molar-refractivity contribution in [1.29, 1.82) is 0 Å². The number of fused-ring (bicyclic) bond motifs is 3. The monoisotopic (exact) mass is 468 g/mol. The van der Waals surface area contributed by atoms with E-state index in [1.54, 1.807) is 25.1 Å². The Hall–Kier alpha value is -2.68. The van der Waals surface area contributed by atoms with Gasteiger partial charge in [0.25, 0.3) is 0 Å². The second-order valence-electron chi connectivity index (χ2n) is 8.55. The van der Waals surface area contributed by atoms with Gasteiger partial charge >= 0.3 is 5.97 Å². The molecule has 0 spiro atoms. The van der Waals surface area contributed by atoms with Crippen molar-refractivity contribution in [2.45, 2.75) is 30.2 Å². The molecule has 2 aromatic rings. The molecule has 0 bridgehead atoms. The second kappa shape index (κ2) is 8.93. The van der Waals surface area contributed by atoms with Crippen LogP contribution in [0.15, 0.2) is 59.5 Å². The van der Waals surface area contributed by atoms with Crippen molar-refractivity contribution in [2.24, 2.45) is 5.92 Å². The molecular weight excluding hydrogens is 440 g/mol. The van der Waals surface area contributed by atoms with Crippen LogP contribution in [0.4, 0.5) is 5.69 Å². The van der Waals surface area contributed by atoms with Crippen molar-refractivity contribution in [3.05, 3.63) is 71.3 Å². The number of benzene rings is 2. The number of carbonyl (C=O) groups excluding carboxylic acids is 1. The number of allylic oxidation sites excluding steroid dienone is 2. The Labute approximate surface area is 194 Å². The van der Waals surface area contributed by atoms with Crippen molar-refractivity contribution in [1.82, 2.24) is 4.31 Å². The fourth-order valence-corrected chi connectivity index (χ4v) is 6.52. The first-order valence-electron chi connectivity index (χ1n) is 11.4. The maximum absolute atomic E-state index is 13.0. The number of rotatable bonds is 5. The molecule has 7 nitrogen and oxygen atoms in total. The average molecular weight is 469 g/mol. The predicted octanol–water partition coefficient (Wildman–Crippen LogP) is 3.71. The number of ether oxygens (including phenoxy) is 2. The summed E-state index contributed by atoms with van der Waals surface area (Å²) in [7, 11) is -3.54. The minimum Gasteiger partial charge on any atom is -0.462 e. The highest BCUT2D eigenvalue weighted by molar-refractivity contribution is 7.89. The number of morpholine rings is 1. The van der Waals surface area contributed by atoms with Gasteiger partial charge in [0.2, 0.25) is 10.0 Å². The number of nitrogens with zero attached hydrogens (tertiary/aromatic N) is 1. The first-order chi connectivity index (χ1) is 16.0. The zero-order valence-corrected chi connectivity index (χ0v) is 19.4.